The molecule has 0 saturated heterocycles. The third-order valence-corrected chi connectivity index (χ3v) is 5.47. The number of hydrogen-bond donors (Lipinski definition) is 0. The number of ether oxygens (including phenoxy) is 1. The van der Waals surface area contributed by atoms with E-state index < -0.39 is 23.2 Å². The summed E-state index contributed by atoms with van der Waals surface area (Å²) in [5.74, 6) is -1.75. The maximum atomic E-state index is 13.3. The maximum Gasteiger partial charge on any atom is 0.198 e. The molecule has 164 valence electrons. The van der Waals surface area contributed by atoms with Crippen molar-refractivity contribution in [2.45, 2.75) is 0 Å². The van der Waals surface area contributed by atoms with E-state index in [0.717, 1.165) is 0 Å². The number of hydrogen-bond acceptors (Lipinski definition) is 3. The minimum absolute atomic E-state index is 0.0472. The van der Waals surface area contributed by atoms with Gasteiger partial charge in [-0.25, -0.2) is 8.78 Å². The van der Waals surface area contributed by atoms with Crippen LogP contribution in [0.5, 0.6) is 11.5 Å². The molecular formula is C26H14Cl2F2O3. The quantitative estimate of drug-likeness (QED) is 0.267. The molecule has 0 spiro atoms. The molecule has 0 N–H and O–H groups in total. The molecule has 0 amide bonds. The Kier molecular flexibility index (Phi) is 6.54. The van der Waals surface area contributed by atoms with Gasteiger partial charge in [0.05, 0.1) is 21.2 Å². The van der Waals surface area contributed by atoms with Crippen molar-refractivity contribution >= 4 is 34.8 Å². The Labute approximate surface area is 198 Å². The van der Waals surface area contributed by atoms with Crippen molar-refractivity contribution in [1.29, 1.82) is 0 Å². The first-order valence-corrected chi connectivity index (χ1v) is 10.5. The van der Waals surface area contributed by atoms with Crippen LogP contribution in [0, 0.1) is 11.6 Å². The zero-order chi connectivity index (χ0) is 23.5. The molecule has 0 fully saturated rings. The molecule has 0 atom stereocenters. The first kappa shape index (κ1) is 22.6. The standard InChI is InChI=1S/C26H14Cl2F2O3/c27-19-3-1-5-21(23(19)25(31)15-7-11-17(29)12-8-15)33-22-6-2-4-20(28)24(22)26(32)16-9-13-18(30)14-10-16/h1-14H. The predicted octanol–water partition coefficient (Wildman–Crippen LogP) is 7.53. The lowest BCUT2D eigenvalue weighted by Gasteiger charge is -2.15. The third-order valence-electron chi connectivity index (χ3n) is 4.84. The van der Waals surface area contributed by atoms with E-state index in [-0.39, 0.29) is 43.8 Å². The average Bonchev–Trinajstić information content (AvgIpc) is 2.79. The Balaban J connectivity index is 1.77. The van der Waals surface area contributed by atoms with Crippen molar-refractivity contribution in [2.24, 2.45) is 0 Å². The fraction of sp³-hybridized carbons (Fsp3) is 0. The van der Waals surface area contributed by atoms with Crippen LogP contribution in [-0.4, -0.2) is 11.6 Å². The molecule has 0 unspecified atom stereocenters. The molecule has 4 rings (SSSR count). The summed E-state index contributed by atoms with van der Waals surface area (Å²) in [5.41, 5.74) is 0.517. The Morgan fingerprint density at radius 2 is 0.939 bits per heavy atom. The van der Waals surface area contributed by atoms with Gasteiger partial charge >= 0.3 is 0 Å². The molecule has 3 nitrogen and oxygen atoms in total. The number of benzene rings is 4. The zero-order valence-electron chi connectivity index (χ0n) is 16.8. The van der Waals surface area contributed by atoms with Gasteiger partial charge in [-0.15, -0.1) is 0 Å². The van der Waals surface area contributed by atoms with Crippen LogP contribution in [0.2, 0.25) is 10.0 Å². The van der Waals surface area contributed by atoms with Gasteiger partial charge < -0.3 is 4.74 Å². The van der Waals surface area contributed by atoms with Gasteiger partial charge in [-0.3, -0.25) is 9.59 Å². The highest BCUT2D eigenvalue weighted by Crippen LogP contribution is 2.36. The summed E-state index contributed by atoms with van der Waals surface area (Å²) in [5, 5.41) is 0.241. The fourth-order valence-electron chi connectivity index (χ4n) is 3.23. The van der Waals surface area contributed by atoms with Crippen LogP contribution in [0.15, 0.2) is 84.9 Å². The van der Waals surface area contributed by atoms with Crippen LogP contribution < -0.4 is 4.74 Å². The van der Waals surface area contributed by atoms with Gasteiger partial charge in [0, 0.05) is 11.1 Å². The SMILES string of the molecule is O=C(c1ccc(F)cc1)c1c(Cl)cccc1Oc1cccc(Cl)c1C(=O)c1ccc(F)cc1. The number of carbonyl (C=O) groups is 2. The maximum absolute atomic E-state index is 13.3. The van der Waals surface area contributed by atoms with Crippen LogP contribution in [0.1, 0.15) is 31.8 Å². The summed E-state index contributed by atoms with van der Waals surface area (Å²) >= 11 is 12.6. The molecule has 4 aromatic rings. The Morgan fingerprint density at radius 3 is 1.30 bits per heavy atom. The van der Waals surface area contributed by atoms with Crippen LogP contribution in [0.3, 0.4) is 0 Å². The van der Waals surface area contributed by atoms with E-state index in [0.29, 0.717) is 0 Å². The second-order valence-electron chi connectivity index (χ2n) is 7.00. The van der Waals surface area contributed by atoms with Gasteiger partial charge in [0.1, 0.15) is 23.1 Å². The van der Waals surface area contributed by atoms with Crippen LogP contribution >= 0.6 is 23.2 Å². The molecule has 0 bridgehead atoms. The van der Waals surface area contributed by atoms with Gasteiger partial charge in [0.15, 0.2) is 11.6 Å². The first-order valence-electron chi connectivity index (χ1n) is 9.70. The van der Waals surface area contributed by atoms with E-state index in [1.807, 2.05) is 0 Å². The summed E-state index contributed by atoms with van der Waals surface area (Å²) in [4.78, 5) is 26.2. The van der Waals surface area contributed by atoms with E-state index in [9.17, 15) is 18.4 Å². The van der Waals surface area contributed by atoms with E-state index in [1.165, 1.54) is 72.8 Å². The van der Waals surface area contributed by atoms with Crippen LogP contribution in [-0.2, 0) is 0 Å². The minimum Gasteiger partial charge on any atom is -0.456 e. The molecule has 4 aromatic carbocycles. The van der Waals surface area contributed by atoms with E-state index in [2.05, 4.69) is 0 Å². The third kappa shape index (κ3) is 4.80. The lowest BCUT2D eigenvalue weighted by Crippen LogP contribution is -2.08. The molecule has 0 aliphatic rings. The van der Waals surface area contributed by atoms with Crippen LogP contribution in [0.25, 0.3) is 0 Å². The Morgan fingerprint density at radius 1 is 0.576 bits per heavy atom. The van der Waals surface area contributed by atoms with Crippen LogP contribution in [0.4, 0.5) is 8.78 Å². The first-order chi connectivity index (χ1) is 15.8. The normalized spacial score (nSPS) is 10.7. The molecule has 7 heteroatoms. The monoisotopic (exact) mass is 482 g/mol. The lowest BCUT2D eigenvalue weighted by atomic mass is 10.0. The summed E-state index contributed by atoms with van der Waals surface area (Å²) < 4.78 is 32.6. The number of rotatable bonds is 6. The summed E-state index contributed by atoms with van der Waals surface area (Å²) in [6.07, 6.45) is 0. The van der Waals surface area contributed by atoms with E-state index in [4.69, 9.17) is 27.9 Å². The molecular weight excluding hydrogens is 469 g/mol. The second-order valence-corrected chi connectivity index (χ2v) is 7.81. The predicted molar refractivity (Wildman–Crippen MR) is 123 cm³/mol. The number of ketones is 2. The summed E-state index contributed by atoms with van der Waals surface area (Å²) in [7, 11) is 0. The van der Waals surface area contributed by atoms with Gasteiger partial charge in [-0.1, -0.05) is 35.3 Å². The molecule has 0 heterocycles. The molecule has 0 aromatic heterocycles. The molecule has 33 heavy (non-hydrogen) atoms. The van der Waals surface area contributed by atoms with E-state index in [1.54, 1.807) is 12.1 Å². The largest absolute Gasteiger partial charge is 0.456 e. The highest BCUT2D eigenvalue weighted by atomic mass is 35.5. The summed E-state index contributed by atoms with van der Waals surface area (Å²) in [6.45, 7) is 0. The second kappa shape index (κ2) is 9.53. The van der Waals surface area contributed by atoms with Gasteiger partial charge in [-0.05, 0) is 72.8 Å². The summed E-state index contributed by atoms with van der Waals surface area (Å²) in [6, 6.07) is 19.3. The van der Waals surface area contributed by atoms with Crippen molar-refractivity contribution in [3.05, 3.63) is 129 Å². The van der Waals surface area contributed by atoms with Crippen molar-refractivity contribution in [1.82, 2.24) is 0 Å². The van der Waals surface area contributed by atoms with Gasteiger partial charge in [-0.2, -0.15) is 0 Å². The smallest absolute Gasteiger partial charge is 0.198 e. The molecule has 0 aliphatic carbocycles. The highest BCUT2D eigenvalue weighted by molar-refractivity contribution is 6.36. The number of halogens is 4. The lowest BCUT2D eigenvalue weighted by molar-refractivity contribution is 0.103. The van der Waals surface area contributed by atoms with E-state index >= 15 is 0 Å². The Bertz CT molecular complexity index is 1250. The van der Waals surface area contributed by atoms with Crippen molar-refractivity contribution in [2.75, 3.05) is 0 Å². The fourth-order valence-corrected chi connectivity index (χ4v) is 3.73. The van der Waals surface area contributed by atoms with Crippen molar-refractivity contribution in [3.63, 3.8) is 0 Å². The minimum atomic E-state index is -0.482. The average molecular weight is 483 g/mol. The molecule has 0 radical (unpaired) electrons. The topological polar surface area (TPSA) is 43.4 Å². The number of carbonyl (C=O) groups excluding carboxylic acids is 2. The zero-order valence-corrected chi connectivity index (χ0v) is 18.3. The van der Waals surface area contributed by atoms with Crippen molar-refractivity contribution in [3.8, 4) is 11.5 Å². The molecule has 0 saturated carbocycles. The Hall–Kier alpha value is -3.54. The van der Waals surface area contributed by atoms with Gasteiger partial charge in [0.25, 0.3) is 0 Å². The molecule has 0 aliphatic heterocycles. The highest BCUT2D eigenvalue weighted by Gasteiger charge is 2.23. The van der Waals surface area contributed by atoms with Crippen molar-refractivity contribution < 1.29 is 23.1 Å². The van der Waals surface area contributed by atoms with Gasteiger partial charge in [0.2, 0.25) is 0 Å².